The summed E-state index contributed by atoms with van der Waals surface area (Å²) in [7, 11) is 0. The van der Waals surface area contributed by atoms with Gasteiger partial charge in [-0.3, -0.25) is 4.98 Å². The van der Waals surface area contributed by atoms with Crippen molar-refractivity contribution >= 4 is 0 Å². The highest BCUT2D eigenvalue weighted by Gasteiger charge is 2.45. The van der Waals surface area contributed by atoms with Crippen LogP contribution in [0.5, 0.6) is 0 Å². The molecule has 2 rings (SSSR count). The molecule has 0 aliphatic heterocycles. The first-order valence-electron chi connectivity index (χ1n) is 5.71. The molecule has 0 aromatic carbocycles. The molecule has 1 N–H and O–H groups in total. The van der Waals surface area contributed by atoms with Gasteiger partial charge in [0.25, 0.3) is 0 Å². The third-order valence-electron chi connectivity index (χ3n) is 3.52. The first-order chi connectivity index (χ1) is 8.31. The molecule has 1 heterocycles. The Labute approximate surface area is 102 Å². The summed E-state index contributed by atoms with van der Waals surface area (Å²) in [6, 6.07) is 1.13. The van der Waals surface area contributed by atoms with Crippen LogP contribution in [0.1, 0.15) is 31.2 Å². The summed E-state index contributed by atoms with van der Waals surface area (Å²) in [4.78, 5) is 3.62. The minimum absolute atomic E-state index is 0.0255. The van der Waals surface area contributed by atoms with E-state index in [-0.39, 0.29) is 31.2 Å². The van der Waals surface area contributed by atoms with E-state index >= 15 is 0 Å². The van der Waals surface area contributed by atoms with Crippen molar-refractivity contribution < 1.29 is 22.7 Å². The maximum absolute atomic E-state index is 13.0. The molecular formula is C12H13F4NO. The second-order valence-electron chi connectivity index (χ2n) is 4.74. The number of alkyl halides is 3. The topological polar surface area (TPSA) is 33.1 Å². The van der Waals surface area contributed by atoms with E-state index in [1.807, 2.05) is 0 Å². The maximum Gasteiger partial charge on any atom is 0.391 e. The van der Waals surface area contributed by atoms with Gasteiger partial charge in [-0.2, -0.15) is 13.2 Å². The van der Waals surface area contributed by atoms with Crippen LogP contribution in [0.4, 0.5) is 17.6 Å². The highest BCUT2D eigenvalue weighted by molar-refractivity contribution is 5.19. The van der Waals surface area contributed by atoms with E-state index in [1.54, 1.807) is 0 Å². The van der Waals surface area contributed by atoms with Crippen LogP contribution in [-0.4, -0.2) is 16.3 Å². The Morgan fingerprint density at radius 3 is 2.33 bits per heavy atom. The number of rotatable bonds is 1. The Bertz CT molecular complexity index is 424. The highest BCUT2D eigenvalue weighted by Crippen LogP contribution is 2.44. The summed E-state index contributed by atoms with van der Waals surface area (Å²) in [6.07, 6.45) is -2.26. The quantitative estimate of drug-likeness (QED) is 0.789. The molecule has 0 radical (unpaired) electrons. The molecule has 0 bridgehead atoms. The summed E-state index contributed by atoms with van der Waals surface area (Å²) in [6.45, 7) is 0. The lowest BCUT2D eigenvalue weighted by Gasteiger charge is -2.36. The summed E-state index contributed by atoms with van der Waals surface area (Å²) in [5.74, 6) is -1.97. The summed E-state index contributed by atoms with van der Waals surface area (Å²) in [5.41, 5.74) is -1.14. The number of hydrogen-bond acceptors (Lipinski definition) is 2. The summed E-state index contributed by atoms with van der Waals surface area (Å²) >= 11 is 0. The molecule has 0 amide bonds. The first kappa shape index (κ1) is 13.3. The van der Waals surface area contributed by atoms with Crippen LogP contribution in [0.25, 0.3) is 0 Å². The number of aliphatic hydroxyl groups is 1. The molecule has 100 valence electrons. The molecule has 1 saturated carbocycles. The largest absolute Gasteiger partial charge is 0.391 e. The molecule has 0 atom stereocenters. The van der Waals surface area contributed by atoms with Crippen LogP contribution in [0.15, 0.2) is 18.5 Å². The van der Waals surface area contributed by atoms with Crippen LogP contribution in [0.2, 0.25) is 0 Å². The van der Waals surface area contributed by atoms with E-state index in [9.17, 15) is 22.7 Å². The minimum atomic E-state index is -4.22. The van der Waals surface area contributed by atoms with E-state index in [0.29, 0.717) is 0 Å². The average Bonchev–Trinajstić information content (AvgIpc) is 2.28. The van der Waals surface area contributed by atoms with Crippen LogP contribution < -0.4 is 0 Å². The molecule has 0 unspecified atom stereocenters. The molecular weight excluding hydrogens is 250 g/mol. The SMILES string of the molecule is OC1(c2cncc(F)c2)CCC(C(F)(F)F)CC1. The Morgan fingerprint density at radius 2 is 1.83 bits per heavy atom. The molecule has 6 heteroatoms. The zero-order valence-corrected chi connectivity index (χ0v) is 9.54. The van der Waals surface area contributed by atoms with Gasteiger partial charge in [0.1, 0.15) is 5.82 Å². The van der Waals surface area contributed by atoms with E-state index in [1.165, 1.54) is 6.20 Å². The Hall–Kier alpha value is -1.17. The number of hydrogen-bond donors (Lipinski definition) is 1. The maximum atomic E-state index is 13.0. The van der Waals surface area contributed by atoms with Crippen molar-refractivity contribution in [3.05, 3.63) is 29.8 Å². The van der Waals surface area contributed by atoms with Gasteiger partial charge in [0, 0.05) is 11.8 Å². The van der Waals surface area contributed by atoms with Gasteiger partial charge in [-0.1, -0.05) is 0 Å². The Balaban J connectivity index is 2.12. The minimum Gasteiger partial charge on any atom is -0.385 e. The smallest absolute Gasteiger partial charge is 0.385 e. The summed E-state index contributed by atoms with van der Waals surface area (Å²) in [5, 5.41) is 10.3. The zero-order valence-electron chi connectivity index (χ0n) is 9.54. The second-order valence-corrected chi connectivity index (χ2v) is 4.74. The van der Waals surface area contributed by atoms with Gasteiger partial charge in [0.2, 0.25) is 0 Å². The van der Waals surface area contributed by atoms with Crippen molar-refractivity contribution in [2.24, 2.45) is 5.92 Å². The van der Waals surface area contributed by atoms with Gasteiger partial charge in [-0.25, -0.2) is 4.39 Å². The van der Waals surface area contributed by atoms with Gasteiger partial charge in [-0.15, -0.1) is 0 Å². The molecule has 0 spiro atoms. The van der Waals surface area contributed by atoms with E-state index in [4.69, 9.17) is 0 Å². The van der Waals surface area contributed by atoms with Crippen LogP contribution in [-0.2, 0) is 5.60 Å². The molecule has 1 aromatic rings. The van der Waals surface area contributed by atoms with Crippen molar-refractivity contribution in [3.63, 3.8) is 0 Å². The lowest BCUT2D eigenvalue weighted by Crippen LogP contribution is -2.36. The van der Waals surface area contributed by atoms with Gasteiger partial charge < -0.3 is 5.11 Å². The molecule has 18 heavy (non-hydrogen) atoms. The number of halogens is 4. The lowest BCUT2D eigenvalue weighted by molar-refractivity contribution is -0.193. The van der Waals surface area contributed by atoms with Crippen LogP contribution >= 0.6 is 0 Å². The average molecular weight is 263 g/mol. The second kappa shape index (κ2) is 4.50. The molecule has 2 nitrogen and oxygen atoms in total. The number of pyridine rings is 1. The first-order valence-corrected chi connectivity index (χ1v) is 5.71. The molecule has 0 saturated heterocycles. The van der Waals surface area contributed by atoms with E-state index in [2.05, 4.69) is 4.98 Å². The Kier molecular flexibility index (Phi) is 3.31. The monoisotopic (exact) mass is 263 g/mol. The zero-order chi connectivity index (χ0) is 13.4. The van der Waals surface area contributed by atoms with Crippen molar-refractivity contribution in [2.75, 3.05) is 0 Å². The molecule has 1 fully saturated rings. The third kappa shape index (κ3) is 2.63. The van der Waals surface area contributed by atoms with Gasteiger partial charge in [0.15, 0.2) is 0 Å². The van der Waals surface area contributed by atoms with Gasteiger partial charge in [-0.05, 0) is 31.7 Å². The van der Waals surface area contributed by atoms with Crippen molar-refractivity contribution in [1.29, 1.82) is 0 Å². The molecule has 1 aliphatic carbocycles. The predicted molar refractivity (Wildman–Crippen MR) is 56.1 cm³/mol. The number of nitrogens with zero attached hydrogens (tertiary/aromatic N) is 1. The van der Waals surface area contributed by atoms with Crippen LogP contribution in [0, 0.1) is 11.7 Å². The van der Waals surface area contributed by atoms with Crippen LogP contribution in [0.3, 0.4) is 0 Å². The molecule has 1 aliphatic rings. The van der Waals surface area contributed by atoms with Crippen molar-refractivity contribution in [3.8, 4) is 0 Å². The van der Waals surface area contributed by atoms with Crippen molar-refractivity contribution in [1.82, 2.24) is 4.98 Å². The third-order valence-corrected chi connectivity index (χ3v) is 3.52. The fourth-order valence-electron chi connectivity index (χ4n) is 2.38. The van der Waals surface area contributed by atoms with E-state index < -0.39 is 23.5 Å². The van der Waals surface area contributed by atoms with Gasteiger partial charge >= 0.3 is 6.18 Å². The number of aromatic nitrogens is 1. The standard InChI is InChI=1S/C12H13F4NO/c13-10-5-9(6-17-7-10)11(18)3-1-8(2-4-11)12(14,15)16/h5-8,18H,1-4H2. The molecule has 1 aromatic heterocycles. The van der Waals surface area contributed by atoms with Crippen molar-refractivity contribution in [2.45, 2.75) is 37.5 Å². The lowest BCUT2D eigenvalue weighted by atomic mass is 9.75. The summed E-state index contributed by atoms with van der Waals surface area (Å²) < 4.78 is 50.5. The predicted octanol–water partition coefficient (Wildman–Crippen LogP) is 3.16. The van der Waals surface area contributed by atoms with Gasteiger partial charge in [0.05, 0.1) is 17.7 Å². The Morgan fingerprint density at radius 1 is 1.22 bits per heavy atom. The fraction of sp³-hybridized carbons (Fsp3) is 0.583. The normalized spacial score (nSPS) is 29.3. The van der Waals surface area contributed by atoms with E-state index in [0.717, 1.165) is 12.3 Å². The fourth-order valence-corrected chi connectivity index (χ4v) is 2.38. The highest BCUT2D eigenvalue weighted by atomic mass is 19.4.